The van der Waals surface area contributed by atoms with Gasteiger partial charge in [0.05, 0.1) is 13.2 Å². The van der Waals surface area contributed by atoms with Gasteiger partial charge in [0.25, 0.3) is 5.91 Å². The number of hydrogen-bond donors (Lipinski definition) is 1. The molecule has 0 saturated carbocycles. The number of anilines is 1. The lowest BCUT2D eigenvalue weighted by molar-refractivity contribution is -0.128. The van der Waals surface area contributed by atoms with Gasteiger partial charge in [-0.05, 0) is 55.2 Å². The minimum Gasteiger partial charge on any atom is -0.480 e. The topological polar surface area (TPSA) is 50.8 Å². The van der Waals surface area contributed by atoms with E-state index in [1.807, 2.05) is 39.0 Å². The summed E-state index contributed by atoms with van der Waals surface area (Å²) in [7, 11) is 0. The van der Waals surface area contributed by atoms with Crippen LogP contribution in [0.1, 0.15) is 30.0 Å². The molecule has 5 nitrogen and oxygen atoms in total. The number of carbonyl (C=O) groups is 1. The van der Waals surface area contributed by atoms with Crippen molar-refractivity contribution in [3.8, 4) is 5.75 Å². The monoisotopic (exact) mass is 382 g/mol. The quantitative estimate of drug-likeness (QED) is 0.795. The second-order valence-corrected chi connectivity index (χ2v) is 7.20. The Morgan fingerprint density at radius 3 is 2.54 bits per heavy atom. The Kier molecular flexibility index (Phi) is 6.93. The highest BCUT2D eigenvalue weighted by Gasteiger charge is 2.19. The highest BCUT2D eigenvalue weighted by Crippen LogP contribution is 2.22. The first kappa shape index (κ1) is 20.2. The molecule has 0 bridgehead atoms. The molecule has 1 aliphatic heterocycles. The third-order valence-corrected chi connectivity index (χ3v) is 5.27. The smallest absolute Gasteiger partial charge is 0.261 e. The molecule has 5 heteroatoms. The molecule has 1 saturated heterocycles. The van der Waals surface area contributed by atoms with Gasteiger partial charge < -0.3 is 19.7 Å². The molecule has 2 aromatic carbocycles. The van der Waals surface area contributed by atoms with Crippen molar-refractivity contribution in [3.05, 3.63) is 59.2 Å². The van der Waals surface area contributed by atoms with E-state index >= 15 is 0 Å². The molecule has 0 radical (unpaired) electrons. The van der Waals surface area contributed by atoms with Crippen molar-refractivity contribution < 1.29 is 14.3 Å². The van der Waals surface area contributed by atoms with E-state index in [-0.39, 0.29) is 5.91 Å². The first-order valence-corrected chi connectivity index (χ1v) is 10.0. The van der Waals surface area contributed by atoms with E-state index in [1.165, 1.54) is 5.69 Å². The highest BCUT2D eigenvalue weighted by atomic mass is 16.5. The second-order valence-electron chi connectivity index (χ2n) is 7.20. The van der Waals surface area contributed by atoms with Crippen LogP contribution in [-0.2, 0) is 16.1 Å². The van der Waals surface area contributed by atoms with E-state index in [4.69, 9.17) is 9.47 Å². The lowest BCUT2D eigenvalue weighted by Crippen LogP contribution is -2.37. The van der Waals surface area contributed by atoms with Gasteiger partial charge in [-0.3, -0.25) is 4.79 Å². The lowest BCUT2D eigenvalue weighted by atomic mass is 10.1. The van der Waals surface area contributed by atoms with Crippen LogP contribution in [0.4, 0.5) is 5.69 Å². The van der Waals surface area contributed by atoms with E-state index in [9.17, 15) is 4.79 Å². The fourth-order valence-electron chi connectivity index (χ4n) is 3.28. The Labute approximate surface area is 167 Å². The summed E-state index contributed by atoms with van der Waals surface area (Å²) in [5.41, 5.74) is 4.51. The van der Waals surface area contributed by atoms with Crippen LogP contribution in [0.3, 0.4) is 0 Å². The van der Waals surface area contributed by atoms with E-state index in [0.717, 1.165) is 48.7 Å². The van der Waals surface area contributed by atoms with E-state index in [1.54, 1.807) is 0 Å². The number of benzene rings is 2. The van der Waals surface area contributed by atoms with Gasteiger partial charge in [0, 0.05) is 25.3 Å². The molecule has 1 N–H and O–H groups in total. The van der Waals surface area contributed by atoms with E-state index < -0.39 is 6.10 Å². The Bertz CT molecular complexity index is 783. The van der Waals surface area contributed by atoms with Gasteiger partial charge in [0.2, 0.25) is 0 Å². The van der Waals surface area contributed by atoms with Gasteiger partial charge in [-0.2, -0.15) is 0 Å². The first-order chi connectivity index (χ1) is 13.6. The number of hydrogen-bond acceptors (Lipinski definition) is 4. The summed E-state index contributed by atoms with van der Waals surface area (Å²) in [5, 5.41) is 3.01. The first-order valence-electron chi connectivity index (χ1n) is 10.0. The minimum atomic E-state index is -0.492. The number of nitrogens with one attached hydrogen (secondary N) is 1. The molecule has 28 heavy (non-hydrogen) atoms. The van der Waals surface area contributed by atoms with Crippen LogP contribution < -0.4 is 15.0 Å². The Morgan fingerprint density at radius 2 is 1.86 bits per heavy atom. The van der Waals surface area contributed by atoms with Gasteiger partial charge in [-0.15, -0.1) is 0 Å². The van der Waals surface area contributed by atoms with Crippen LogP contribution in [0.2, 0.25) is 0 Å². The highest BCUT2D eigenvalue weighted by molar-refractivity contribution is 5.81. The fourth-order valence-corrected chi connectivity index (χ4v) is 3.28. The summed E-state index contributed by atoms with van der Waals surface area (Å²) in [4.78, 5) is 14.9. The zero-order chi connectivity index (χ0) is 19.9. The number of aryl methyl sites for hydroxylation is 1. The standard InChI is InChI=1S/C23H30N2O3/c1-4-21(28-22-7-5-6-17(2)18(22)3)23(26)24-16-19-8-10-20(11-9-19)25-12-14-27-15-13-25/h5-11,21H,4,12-16H2,1-3H3,(H,24,26)/t21-/m1/s1. The van der Waals surface area contributed by atoms with Crippen LogP contribution in [-0.4, -0.2) is 38.3 Å². The molecule has 0 spiro atoms. The molecular formula is C23H30N2O3. The van der Waals surface area contributed by atoms with Gasteiger partial charge in [0.1, 0.15) is 5.75 Å². The van der Waals surface area contributed by atoms with Crippen molar-refractivity contribution in [1.82, 2.24) is 5.32 Å². The predicted molar refractivity (Wildman–Crippen MR) is 112 cm³/mol. The third kappa shape index (κ3) is 5.04. The summed E-state index contributed by atoms with van der Waals surface area (Å²) in [5.74, 6) is 0.692. The summed E-state index contributed by atoms with van der Waals surface area (Å²) in [6.45, 7) is 9.91. The van der Waals surface area contributed by atoms with Crippen LogP contribution in [0.5, 0.6) is 5.75 Å². The maximum atomic E-state index is 12.6. The van der Waals surface area contributed by atoms with Crippen molar-refractivity contribution in [2.45, 2.75) is 39.8 Å². The molecule has 3 rings (SSSR count). The molecule has 2 aromatic rings. The van der Waals surface area contributed by atoms with E-state index in [2.05, 4.69) is 34.5 Å². The molecule has 0 aromatic heterocycles. The van der Waals surface area contributed by atoms with Gasteiger partial charge >= 0.3 is 0 Å². The minimum absolute atomic E-state index is 0.0827. The Balaban J connectivity index is 1.55. The number of ether oxygens (including phenoxy) is 2. The van der Waals surface area contributed by atoms with Crippen molar-refractivity contribution >= 4 is 11.6 Å². The van der Waals surface area contributed by atoms with Crippen molar-refractivity contribution in [3.63, 3.8) is 0 Å². The van der Waals surface area contributed by atoms with Crippen molar-refractivity contribution in [2.24, 2.45) is 0 Å². The zero-order valence-electron chi connectivity index (χ0n) is 17.0. The number of morpholine rings is 1. The predicted octanol–water partition coefficient (Wildman–Crippen LogP) is 3.61. The molecule has 0 aliphatic carbocycles. The number of rotatable bonds is 7. The Hall–Kier alpha value is -2.53. The van der Waals surface area contributed by atoms with Gasteiger partial charge in [-0.1, -0.05) is 31.2 Å². The van der Waals surface area contributed by atoms with Crippen LogP contribution in [0, 0.1) is 13.8 Å². The number of nitrogens with zero attached hydrogens (tertiary/aromatic N) is 1. The van der Waals surface area contributed by atoms with Crippen molar-refractivity contribution in [2.75, 3.05) is 31.2 Å². The summed E-state index contributed by atoms with van der Waals surface area (Å²) >= 11 is 0. The summed E-state index contributed by atoms with van der Waals surface area (Å²) in [6.07, 6.45) is 0.128. The van der Waals surface area contributed by atoms with Gasteiger partial charge in [0.15, 0.2) is 6.10 Å². The lowest BCUT2D eigenvalue weighted by Gasteiger charge is -2.29. The SMILES string of the molecule is CC[C@@H](Oc1cccc(C)c1C)C(=O)NCc1ccc(N2CCOCC2)cc1. The van der Waals surface area contributed by atoms with E-state index in [0.29, 0.717) is 13.0 Å². The van der Waals surface area contributed by atoms with Crippen LogP contribution in [0.25, 0.3) is 0 Å². The number of amides is 1. The van der Waals surface area contributed by atoms with Crippen molar-refractivity contribution in [1.29, 1.82) is 0 Å². The second kappa shape index (κ2) is 9.60. The molecular weight excluding hydrogens is 352 g/mol. The third-order valence-electron chi connectivity index (χ3n) is 5.27. The average Bonchev–Trinajstić information content (AvgIpc) is 2.74. The molecule has 1 heterocycles. The molecule has 1 amide bonds. The molecule has 1 fully saturated rings. The molecule has 0 unspecified atom stereocenters. The van der Waals surface area contributed by atoms with Crippen LogP contribution >= 0.6 is 0 Å². The largest absolute Gasteiger partial charge is 0.480 e. The fraction of sp³-hybridized carbons (Fsp3) is 0.435. The van der Waals surface area contributed by atoms with Gasteiger partial charge in [-0.25, -0.2) is 0 Å². The maximum absolute atomic E-state index is 12.6. The average molecular weight is 383 g/mol. The molecule has 150 valence electrons. The van der Waals surface area contributed by atoms with Crippen LogP contribution in [0.15, 0.2) is 42.5 Å². The molecule has 1 atom stereocenters. The maximum Gasteiger partial charge on any atom is 0.261 e. The zero-order valence-corrected chi connectivity index (χ0v) is 17.0. The normalized spacial score (nSPS) is 15.2. The summed E-state index contributed by atoms with van der Waals surface area (Å²) < 4.78 is 11.4. The Morgan fingerprint density at radius 1 is 1.14 bits per heavy atom. The number of carbonyl (C=O) groups excluding carboxylic acids is 1. The summed E-state index contributed by atoms with van der Waals surface area (Å²) in [6, 6.07) is 14.3. The molecule has 1 aliphatic rings.